The Kier molecular flexibility index (Phi) is 5.21. The van der Waals surface area contributed by atoms with Gasteiger partial charge in [0.25, 0.3) is 0 Å². The van der Waals surface area contributed by atoms with Crippen LogP contribution in [0.15, 0.2) is 40.7 Å². The highest BCUT2D eigenvalue weighted by Crippen LogP contribution is 2.49. The zero-order valence-corrected chi connectivity index (χ0v) is 16.9. The molecule has 0 atom stereocenters. The van der Waals surface area contributed by atoms with Gasteiger partial charge in [-0.1, -0.05) is 17.7 Å². The maximum atomic E-state index is 13.0. The van der Waals surface area contributed by atoms with E-state index in [9.17, 15) is 19.5 Å². The number of Topliss-reactive ketones (excluding diaryl/α,β-unsaturated/α-hetero) is 2. The number of hydrogen-bond donors (Lipinski definition) is 1. The molecule has 0 amide bonds. The van der Waals surface area contributed by atoms with E-state index in [-0.39, 0.29) is 18.1 Å². The molecule has 152 valence electrons. The molecule has 1 aromatic rings. The summed E-state index contributed by atoms with van der Waals surface area (Å²) in [6.45, 7) is -0.242. The molecule has 1 heterocycles. The summed E-state index contributed by atoms with van der Waals surface area (Å²) in [5.41, 5.74) is 3.35. The number of ketones is 2. The standard InChI is InChI=1S/C22H22ClNO5/c1-29-18-9-8-12(10-13(18)23)20-21-14(4-2-6-16(21)25)24(11-19(27)28)15-5-3-7-17(26)22(15)20/h8-10,20H,2-7,11H2,1H3,(H,27,28). The Morgan fingerprint density at radius 3 is 2.17 bits per heavy atom. The first-order chi connectivity index (χ1) is 13.9. The Morgan fingerprint density at radius 2 is 1.69 bits per heavy atom. The predicted molar refractivity (Wildman–Crippen MR) is 107 cm³/mol. The number of hydrogen-bond acceptors (Lipinski definition) is 5. The van der Waals surface area contributed by atoms with Crippen LogP contribution in [0.4, 0.5) is 0 Å². The van der Waals surface area contributed by atoms with E-state index in [1.807, 2.05) is 6.07 Å². The third kappa shape index (κ3) is 3.35. The van der Waals surface area contributed by atoms with Gasteiger partial charge < -0.3 is 14.7 Å². The molecule has 4 rings (SSSR count). The van der Waals surface area contributed by atoms with Gasteiger partial charge in [-0.2, -0.15) is 0 Å². The number of halogens is 1. The fourth-order valence-electron chi connectivity index (χ4n) is 4.74. The summed E-state index contributed by atoms with van der Waals surface area (Å²) < 4.78 is 5.24. The number of aliphatic carboxylic acids is 1. The van der Waals surface area contributed by atoms with E-state index in [1.54, 1.807) is 17.0 Å². The highest BCUT2D eigenvalue weighted by atomic mass is 35.5. The van der Waals surface area contributed by atoms with Gasteiger partial charge in [-0.15, -0.1) is 0 Å². The van der Waals surface area contributed by atoms with E-state index >= 15 is 0 Å². The summed E-state index contributed by atoms with van der Waals surface area (Å²) in [6, 6.07) is 5.32. The minimum Gasteiger partial charge on any atom is -0.495 e. The quantitative estimate of drug-likeness (QED) is 0.804. The SMILES string of the molecule is COc1ccc(C2C3=C(CCCC3=O)N(CC(=O)O)C3=C2C(=O)CCC3)cc1Cl. The average molecular weight is 416 g/mol. The molecule has 1 aromatic carbocycles. The third-order valence-corrected chi connectivity index (χ3v) is 6.18. The van der Waals surface area contributed by atoms with Gasteiger partial charge in [0.2, 0.25) is 0 Å². The van der Waals surface area contributed by atoms with Crippen molar-refractivity contribution in [2.75, 3.05) is 13.7 Å². The summed E-state index contributed by atoms with van der Waals surface area (Å²) in [6.07, 6.45) is 3.41. The predicted octanol–water partition coefficient (Wildman–Crippen LogP) is 3.85. The van der Waals surface area contributed by atoms with Crippen LogP contribution < -0.4 is 4.74 Å². The van der Waals surface area contributed by atoms with E-state index in [4.69, 9.17) is 16.3 Å². The van der Waals surface area contributed by atoms with E-state index in [1.165, 1.54) is 7.11 Å². The minimum absolute atomic E-state index is 0.0245. The molecule has 0 radical (unpaired) electrons. The Labute approximate surface area is 173 Å². The second kappa shape index (κ2) is 7.67. The number of methoxy groups -OCH3 is 1. The normalized spacial score (nSPS) is 20.0. The second-order valence-corrected chi connectivity index (χ2v) is 7.99. The molecule has 0 spiro atoms. The van der Waals surface area contributed by atoms with Crippen molar-refractivity contribution >= 4 is 29.1 Å². The van der Waals surface area contributed by atoms with Crippen molar-refractivity contribution in [2.24, 2.45) is 0 Å². The lowest BCUT2D eigenvalue weighted by atomic mass is 9.71. The van der Waals surface area contributed by atoms with Crippen molar-refractivity contribution in [3.05, 3.63) is 51.3 Å². The van der Waals surface area contributed by atoms with Gasteiger partial charge >= 0.3 is 5.97 Å². The minimum atomic E-state index is -0.981. The number of nitrogens with zero attached hydrogens (tertiary/aromatic N) is 1. The van der Waals surface area contributed by atoms with Gasteiger partial charge in [0.15, 0.2) is 11.6 Å². The van der Waals surface area contributed by atoms with Crippen LogP contribution in [0.3, 0.4) is 0 Å². The van der Waals surface area contributed by atoms with E-state index in [0.717, 1.165) is 17.0 Å². The molecule has 0 saturated carbocycles. The van der Waals surface area contributed by atoms with Crippen LogP contribution in [-0.4, -0.2) is 41.2 Å². The molecule has 7 heteroatoms. The molecular formula is C22H22ClNO5. The first kappa shape index (κ1) is 19.7. The van der Waals surface area contributed by atoms with E-state index in [0.29, 0.717) is 60.4 Å². The number of carbonyl (C=O) groups excluding carboxylic acids is 2. The molecule has 0 aromatic heterocycles. The van der Waals surface area contributed by atoms with Gasteiger partial charge in [0.05, 0.1) is 12.1 Å². The van der Waals surface area contributed by atoms with Crippen molar-refractivity contribution in [3.8, 4) is 5.75 Å². The van der Waals surface area contributed by atoms with Crippen molar-refractivity contribution < 1.29 is 24.2 Å². The highest BCUT2D eigenvalue weighted by molar-refractivity contribution is 6.32. The third-order valence-electron chi connectivity index (χ3n) is 5.89. The van der Waals surface area contributed by atoms with Gasteiger partial charge in [-0.25, -0.2) is 0 Å². The summed E-state index contributed by atoms with van der Waals surface area (Å²) >= 11 is 6.35. The first-order valence-corrected chi connectivity index (χ1v) is 10.2. The van der Waals surface area contributed by atoms with Gasteiger partial charge in [-0.05, 0) is 43.4 Å². The Balaban J connectivity index is 1.95. The van der Waals surface area contributed by atoms with Crippen molar-refractivity contribution in [1.82, 2.24) is 4.90 Å². The van der Waals surface area contributed by atoms with Crippen LogP contribution in [0.25, 0.3) is 0 Å². The van der Waals surface area contributed by atoms with Crippen LogP contribution in [0, 0.1) is 0 Å². The number of rotatable bonds is 4. The van der Waals surface area contributed by atoms with E-state index in [2.05, 4.69) is 0 Å². The van der Waals surface area contributed by atoms with Crippen molar-refractivity contribution in [1.29, 1.82) is 0 Å². The number of carboxylic acid groups (broad SMARTS) is 1. The van der Waals surface area contributed by atoms with Gasteiger partial charge in [0, 0.05) is 41.3 Å². The Morgan fingerprint density at radius 1 is 1.10 bits per heavy atom. The number of benzene rings is 1. The second-order valence-electron chi connectivity index (χ2n) is 7.58. The van der Waals surface area contributed by atoms with E-state index < -0.39 is 11.9 Å². The lowest BCUT2D eigenvalue weighted by Crippen LogP contribution is -2.41. The molecular weight excluding hydrogens is 394 g/mol. The number of carbonyl (C=O) groups is 3. The molecule has 0 fully saturated rings. The zero-order chi connectivity index (χ0) is 20.7. The molecule has 0 bridgehead atoms. The number of allylic oxidation sites excluding steroid dienone is 4. The zero-order valence-electron chi connectivity index (χ0n) is 16.2. The van der Waals surface area contributed by atoms with Gasteiger partial charge in [0.1, 0.15) is 12.3 Å². The van der Waals surface area contributed by atoms with Crippen LogP contribution in [-0.2, 0) is 14.4 Å². The maximum absolute atomic E-state index is 13.0. The molecule has 0 unspecified atom stereocenters. The highest BCUT2D eigenvalue weighted by Gasteiger charge is 2.43. The van der Waals surface area contributed by atoms with Crippen LogP contribution in [0.1, 0.15) is 50.0 Å². The fourth-order valence-corrected chi connectivity index (χ4v) is 5.00. The topological polar surface area (TPSA) is 83.9 Å². The molecule has 3 aliphatic rings. The maximum Gasteiger partial charge on any atom is 0.323 e. The molecule has 29 heavy (non-hydrogen) atoms. The van der Waals surface area contributed by atoms with Crippen LogP contribution in [0.2, 0.25) is 5.02 Å². The molecule has 1 aliphatic heterocycles. The molecule has 0 saturated heterocycles. The summed E-state index contributed by atoms with van der Waals surface area (Å²) in [4.78, 5) is 39.3. The fraction of sp³-hybridized carbons (Fsp3) is 0.409. The number of carboxylic acids is 1. The molecule has 1 N–H and O–H groups in total. The lowest BCUT2D eigenvalue weighted by Gasteiger charge is -2.43. The van der Waals surface area contributed by atoms with Crippen LogP contribution in [0.5, 0.6) is 5.75 Å². The Hall–Kier alpha value is -2.60. The summed E-state index contributed by atoms with van der Waals surface area (Å²) in [5, 5.41) is 9.88. The lowest BCUT2D eigenvalue weighted by molar-refractivity contribution is -0.138. The smallest absolute Gasteiger partial charge is 0.323 e. The van der Waals surface area contributed by atoms with Gasteiger partial charge in [-0.3, -0.25) is 14.4 Å². The molecule has 6 nitrogen and oxygen atoms in total. The average Bonchev–Trinajstić information content (AvgIpc) is 2.68. The van der Waals surface area contributed by atoms with Crippen molar-refractivity contribution in [3.63, 3.8) is 0 Å². The Bertz CT molecular complexity index is 933. The van der Waals surface area contributed by atoms with Crippen molar-refractivity contribution in [2.45, 2.75) is 44.4 Å². The molecule has 2 aliphatic carbocycles. The summed E-state index contributed by atoms with van der Waals surface area (Å²) in [5.74, 6) is -1.01. The number of ether oxygens (including phenoxy) is 1. The van der Waals surface area contributed by atoms with Crippen LogP contribution >= 0.6 is 11.6 Å². The monoisotopic (exact) mass is 415 g/mol. The summed E-state index contributed by atoms with van der Waals surface area (Å²) in [7, 11) is 1.53. The largest absolute Gasteiger partial charge is 0.495 e. The first-order valence-electron chi connectivity index (χ1n) is 9.77.